The predicted octanol–water partition coefficient (Wildman–Crippen LogP) is 6.68. The molecule has 1 amide bonds. The second kappa shape index (κ2) is 20.9. The highest BCUT2D eigenvalue weighted by Gasteiger charge is 2.25. The molecule has 4 heterocycles. The summed E-state index contributed by atoms with van der Waals surface area (Å²) in [6, 6.07) is 26.3. The zero-order valence-corrected chi connectivity index (χ0v) is 41.5. The fraction of sp³-hybridized carbons (Fsp3) is 0.283. The number of nitrogens with zero attached hydrogens (tertiary/aromatic N) is 4. The standard InChI is InChI=1S/C53H47N5O11S.O3S/c1-2-19-66-23-24-67-20-3-5-44(59)30-6-16-40-43(29-30)58-49(55-40)36-12-8-32-33-9-13-37-48-38(14-10-34(46(33)48)35-11-15-39(53(58)62)47(36)45(32)35)52(61)57-42-17-7-31(28-41(42)56-50(37)57)51(60)54-18-22-69-26-25-68-21-4-27-70(63,64)65;1-4(2)3/h6-17,28-29H,2-5,18-27H2,1H3,(H,54,60)(H,63,64,65);. The molecule has 0 aliphatic heterocycles. The molecular formula is C53H47N5O14S2. The molecule has 0 unspecified atom stereocenters. The third-order valence-electron chi connectivity index (χ3n) is 13.2. The van der Waals surface area contributed by atoms with Gasteiger partial charge in [0.25, 0.3) is 27.1 Å². The SMILES string of the molecule is CCCOCCOCCCC(=O)c1ccc2nc3c4ccc5c6ccc7c8c(ccc(c9ccc(c(=O)n3c2c1)c4c95)c68)c(=O)n1c2ccc(C(=O)NCCOCCOCCCS(=O)(=O)O)cc2nc71.O=S(=O)=O. The van der Waals surface area contributed by atoms with Crippen LogP contribution in [-0.2, 0) is 39.7 Å². The second-order valence-corrected chi connectivity index (χ2v) is 19.8. The zero-order valence-electron chi connectivity index (χ0n) is 39.8. The summed E-state index contributed by atoms with van der Waals surface area (Å²) in [6.45, 7) is 5.34. The zero-order chi connectivity index (χ0) is 51.8. The molecule has 0 atom stereocenters. The number of imidazole rings is 2. The quantitative estimate of drug-likeness (QED) is 0.0250. The van der Waals surface area contributed by atoms with Crippen molar-refractivity contribution in [2.45, 2.75) is 32.6 Å². The van der Waals surface area contributed by atoms with E-state index < -0.39 is 20.7 Å². The largest absolute Gasteiger partial charge is 0.425 e. The van der Waals surface area contributed by atoms with Crippen LogP contribution in [0.2, 0.25) is 0 Å². The number of aromatic nitrogens is 4. The van der Waals surface area contributed by atoms with E-state index in [0.717, 1.165) is 60.3 Å². The van der Waals surface area contributed by atoms with E-state index in [1.807, 2.05) is 36.4 Å². The first-order valence-electron chi connectivity index (χ1n) is 23.9. The van der Waals surface area contributed by atoms with Crippen molar-refractivity contribution in [2.24, 2.45) is 0 Å². The van der Waals surface area contributed by atoms with Gasteiger partial charge in [-0.05, 0) is 112 Å². The first-order chi connectivity index (χ1) is 35.8. The molecule has 0 saturated heterocycles. The topological polar surface area (TPSA) is 257 Å². The Hall–Kier alpha value is -7.37. The molecule has 380 valence electrons. The number of ether oxygens (including phenoxy) is 4. The van der Waals surface area contributed by atoms with Crippen molar-refractivity contribution >= 4 is 130 Å². The molecule has 0 spiro atoms. The molecule has 0 saturated carbocycles. The van der Waals surface area contributed by atoms with E-state index in [0.29, 0.717) is 94.5 Å². The van der Waals surface area contributed by atoms with E-state index in [4.69, 9.17) is 46.1 Å². The Bertz CT molecular complexity index is 4330. The average Bonchev–Trinajstić information content (AvgIpc) is 4.01. The molecule has 4 aromatic heterocycles. The van der Waals surface area contributed by atoms with E-state index in [1.165, 1.54) is 0 Å². The number of nitrogens with one attached hydrogen (secondary N) is 1. The molecule has 21 heteroatoms. The van der Waals surface area contributed by atoms with Gasteiger partial charge in [-0.25, -0.2) is 9.97 Å². The van der Waals surface area contributed by atoms with Crippen molar-refractivity contribution in [2.75, 3.05) is 65.2 Å². The molecule has 0 aliphatic carbocycles. The third-order valence-corrected chi connectivity index (χ3v) is 14.0. The lowest BCUT2D eigenvalue weighted by Gasteiger charge is -2.18. The minimum Gasteiger partial charge on any atom is -0.379 e. The molecule has 0 bridgehead atoms. The Labute approximate surface area is 421 Å². The van der Waals surface area contributed by atoms with E-state index in [1.54, 1.807) is 45.2 Å². The minimum atomic E-state index is -4.02. The molecule has 74 heavy (non-hydrogen) atoms. The van der Waals surface area contributed by atoms with Crippen LogP contribution < -0.4 is 16.4 Å². The van der Waals surface area contributed by atoms with Gasteiger partial charge < -0.3 is 24.3 Å². The van der Waals surface area contributed by atoms with Crippen molar-refractivity contribution in [3.05, 3.63) is 117 Å². The number of hydrogen-bond acceptors (Lipinski definition) is 15. The lowest BCUT2D eigenvalue weighted by molar-refractivity contribution is 0.0463. The second-order valence-electron chi connectivity index (χ2n) is 17.8. The minimum absolute atomic E-state index is 0.0325. The van der Waals surface area contributed by atoms with Crippen molar-refractivity contribution < 1.29 is 54.1 Å². The highest BCUT2D eigenvalue weighted by Crippen LogP contribution is 2.46. The number of amides is 1. The fourth-order valence-corrected chi connectivity index (χ4v) is 10.5. The first kappa shape index (κ1) is 50.2. The predicted molar refractivity (Wildman–Crippen MR) is 280 cm³/mol. The lowest BCUT2D eigenvalue weighted by atomic mass is 9.86. The normalized spacial score (nSPS) is 12.3. The molecule has 7 aromatic carbocycles. The van der Waals surface area contributed by atoms with Crippen LogP contribution in [0.5, 0.6) is 0 Å². The molecule has 19 nitrogen and oxygen atoms in total. The maximum Gasteiger partial charge on any atom is 0.425 e. The summed E-state index contributed by atoms with van der Waals surface area (Å²) < 4.78 is 80.9. The first-order valence-corrected chi connectivity index (χ1v) is 26.6. The number of ketones is 1. The highest BCUT2D eigenvalue weighted by molar-refractivity contribution is 7.85. The van der Waals surface area contributed by atoms with Crippen molar-refractivity contribution in [3.8, 4) is 0 Å². The Kier molecular flexibility index (Phi) is 14.1. The number of carbonyl (C=O) groups excluding carboxylic acids is 2. The van der Waals surface area contributed by atoms with Gasteiger partial charge in [-0.15, -0.1) is 12.6 Å². The average molecular weight is 1040 g/mol. The van der Waals surface area contributed by atoms with Crippen LogP contribution in [0.1, 0.15) is 53.3 Å². The van der Waals surface area contributed by atoms with Gasteiger partial charge in [-0.2, -0.15) is 8.42 Å². The van der Waals surface area contributed by atoms with Crippen molar-refractivity contribution in [1.29, 1.82) is 0 Å². The van der Waals surface area contributed by atoms with Crippen LogP contribution in [0, 0.1) is 0 Å². The van der Waals surface area contributed by atoms with Crippen molar-refractivity contribution in [1.82, 2.24) is 24.1 Å². The molecule has 0 radical (unpaired) electrons. The smallest absolute Gasteiger partial charge is 0.379 e. The summed E-state index contributed by atoms with van der Waals surface area (Å²) in [5.74, 6) is -0.731. The lowest BCUT2D eigenvalue weighted by Crippen LogP contribution is -2.27. The summed E-state index contributed by atoms with van der Waals surface area (Å²) in [6.07, 6.45) is 2.01. The third kappa shape index (κ3) is 9.42. The number of rotatable bonds is 21. The Morgan fingerprint density at radius 2 is 1.04 bits per heavy atom. The summed E-state index contributed by atoms with van der Waals surface area (Å²) >= 11 is 0. The number of hydrogen-bond donors (Lipinski definition) is 2. The summed E-state index contributed by atoms with van der Waals surface area (Å²) in [4.78, 5) is 65.6. The number of pyridine rings is 2. The molecule has 11 rings (SSSR count). The van der Waals surface area contributed by atoms with Crippen LogP contribution in [0.25, 0.3) is 98.0 Å². The van der Waals surface area contributed by atoms with E-state index >= 15 is 0 Å². The number of Topliss-reactive ketones (excluding diaryl/α,β-unsaturated/α-hetero) is 1. The van der Waals surface area contributed by atoms with Gasteiger partial charge in [-0.1, -0.05) is 31.2 Å². The van der Waals surface area contributed by atoms with Crippen LogP contribution in [0.15, 0.2) is 94.5 Å². The fourth-order valence-electron chi connectivity index (χ4n) is 10.1. The van der Waals surface area contributed by atoms with Gasteiger partial charge in [0.2, 0.25) is 0 Å². The van der Waals surface area contributed by atoms with E-state index in [-0.39, 0.29) is 68.0 Å². The number of fused-ring (bicyclic) bond motifs is 10. The van der Waals surface area contributed by atoms with Gasteiger partial charge in [0.05, 0.1) is 60.9 Å². The molecule has 2 N–H and O–H groups in total. The van der Waals surface area contributed by atoms with Crippen LogP contribution in [0.3, 0.4) is 0 Å². The summed E-state index contributed by atoms with van der Waals surface area (Å²) in [5, 5.41) is 12.7. The Morgan fingerprint density at radius 1 is 0.568 bits per heavy atom. The Morgan fingerprint density at radius 3 is 1.61 bits per heavy atom. The highest BCUT2D eigenvalue weighted by atomic mass is 32.2. The summed E-state index contributed by atoms with van der Waals surface area (Å²) in [5.41, 5.74) is 3.68. The summed E-state index contributed by atoms with van der Waals surface area (Å²) in [7, 11) is -7.13. The number of benzene rings is 7. The van der Waals surface area contributed by atoms with Gasteiger partial charge in [0, 0.05) is 76.2 Å². The van der Waals surface area contributed by atoms with Gasteiger partial charge in [0.15, 0.2) is 5.78 Å². The van der Waals surface area contributed by atoms with Crippen molar-refractivity contribution in [3.63, 3.8) is 0 Å². The van der Waals surface area contributed by atoms with Gasteiger partial charge >= 0.3 is 10.6 Å². The van der Waals surface area contributed by atoms with Crippen LogP contribution in [-0.4, -0.2) is 121 Å². The van der Waals surface area contributed by atoms with Crippen LogP contribution in [0.4, 0.5) is 0 Å². The van der Waals surface area contributed by atoms with Gasteiger partial charge in [0.1, 0.15) is 11.3 Å². The maximum absolute atomic E-state index is 14.6. The Balaban J connectivity index is 0.00000151. The monoisotopic (exact) mass is 1040 g/mol. The van der Waals surface area contributed by atoms with Gasteiger partial charge in [-0.3, -0.25) is 32.5 Å². The molecular weight excluding hydrogens is 995 g/mol. The number of carbonyl (C=O) groups is 2. The van der Waals surface area contributed by atoms with E-state index in [2.05, 4.69) is 24.4 Å². The van der Waals surface area contributed by atoms with E-state index in [9.17, 15) is 27.6 Å². The maximum atomic E-state index is 14.6. The van der Waals surface area contributed by atoms with Crippen LogP contribution >= 0.6 is 0 Å². The molecule has 0 aliphatic rings. The molecule has 11 aromatic rings. The molecule has 0 fully saturated rings.